The second kappa shape index (κ2) is 7.77. The lowest BCUT2D eigenvalue weighted by Crippen LogP contribution is -2.46. The second-order valence-electron chi connectivity index (χ2n) is 7.26. The molecule has 0 aromatic carbocycles. The molecule has 3 heteroatoms. The molecule has 1 heterocycles. The Morgan fingerprint density at radius 1 is 1.15 bits per heavy atom. The van der Waals surface area contributed by atoms with E-state index in [4.69, 9.17) is 0 Å². The van der Waals surface area contributed by atoms with Gasteiger partial charge in [0.05, 0.1) is 5.60 Å². The highest BCUT2D eigenvalue weighted by Crippen LogP contribution is 2.31. The van der Waals surface area contributed by atoms with Crippen LogP contribution >= 0.6 is 0 Å². The van der Waals surface area contributed by atoms with Crippen molar-refractivity contribution in [1.82, 2.24) is 10.2 Å². The molecule has 20 heavy (non-hydrogen) atoms. The zero-order chi connectivity index (χ0) is 14.4. The van der Waals surface area contributed by atoms with E-state index in [0.29, 0.717) is 6.04 Å². The molecule has 2 N–H and O–H groups in total. The topological polar surface area (TPSA) is 35.5 Å². The molecule has 2 aliphatic rings. The zero-order valence-electron chi connectivity index (χ0n) is 13.5. The van der Waals surface area contributed by atoms with Crippen LogP contribution in [0.5, 0.6) is 0 Å². The third kappa shape index (κ3) is 5.01. The minimum absolute atomic E-state index is 0.429. The maximum absolute atomic E-state index is 10.7. The van der Waals surface area contributed by atoms with E-state index in [1.807, 2.05) is 0 Å². The number of nitrogens with zero attached hydrogens (tertiary/aromatic N) is 1. The molecular formula is C17H34N2O. The summed E-state index contributed by atoms with van der Waals surface area (Å²) in [6.45, 7) is 9.10. The summed E-state index contributed by atoms with van der Waals surface area (Å²) in [4.78, 5) is 2.60. The minimum atomic E-state index is -0.429. The minimum Gasteiger partial charge on any atom is -0.389 e. The van der Waals surface area contributed by atoms with Gasteiger partial charge in [-0.05, 0) is 76.9 Å². The standard InChI is InChI=1S/C17H34N2O/c1-3-11-19-12-4-5-16(8-13-19)18-14-17(20)9-6-15(2)7-10-17/h15-16,18,20H,3-14H2,1-2H3. The molecule has 1 atom stereocenters. The predicted molar refractivity (Wildman–Crippen MR) is 85.0 cm³/mol. The van der Waals surface area contributed by atoms with Gasteiger partial charge in [-0.2, -0.15) is 0 Å². The number of hydrogen-bond donors (Lipinski definition) is 2. The summed E-state index contributed by atoms with van der Waals surface area (Å²) >= 11 is 0. The van der Waals surface area contributed by atoms with Gasteiger partial charge >= 0.3 is 0 Å². The number of nitrogens with one attached hydrogen (secondary N) is 1. The fourth-order valence-corrected chi connectivity index (χ4v) is 3.71. The highest BCUT2D eigenvalue weighted by atomic mass is 16.3. The molecule has 0 aromatic heterocycles. The smallest absolute Gasteiger partial charge is 0.0771 e. The van der Waals surface area contributed by atoms with E-state index < -0.39 is 5.60 Å². The SMILES string of the molecule is CCCN1CCCC(NCC2(O)CCC(C)CC2)CC1. The van der Waals surface area contributed by atoms with Crippen LogP contribution in [0.25, 0.3) is 0 Å². The van der Waals surface area contributed by atoms with E-state index in [0.717, 1.165) is 25.3 Å². The summed E-state index contributed by atoms with van der Waals surface area (Å²) in [5, 5.41) is 14.3. The summed E-state index contributed by atoms with van der Waals surface area (Å²) in [5.74, 6) is 0.802. The number of rotatable bonds is 5. The van der Waals surface area contributed by atoms with Crippen molar-refractivity contribution in [3.8, 4) is 0 Å². The Bertz CT molecular complexity index is 274. The lowest BCUT2D eigenvalue weighted by molar-refractivity contribution is -0.00847. The third-order valence-corrected chi connectivity index (χ3v) is 5.29. The van der Waals surface area contributed by atoms with E-state index in [9.17, 15) is 5.11 Å². The van der Waals surface area contributed by atoms with Crippen LogP contribution in [0.4, 0.5) is 0 Å². The van der Waals surface area contributed by atoms with Crippen LogP contribution in [0, 0.1) is 5.92 Å². The summed E-state index contributed by atoms with van der Waals surface area (Å²) in [6.07, 6.45) is 9.41. The lowest BCUT2D eigenvalue weighted by Gasteiger charge is -2.36. The van der Waals surface area contributed by atoms with E-state index >= 15 is 0 Å². The Labute approximate surface area is 125 Å². The molecule has 0 amide bonds. The molecule has 1 unspecified atom stereocenters. The first-order valence-corrected chi connectivity index (χ1v) is 8.79. The van der Waals surface area contributed by atoms with E-state index in [2.05, 4.69) is 24.1 Å². The molecule has 118 valence electrons. The molecule has 0 bridgehead atoms. The summed E-state index contributed by atoms with van der Waals surface area (Å²) < 4.78 is 0. The molecular weight excluding hydrogens is 248 g/mol. The Morgan fingerprint density at radius 3 is 2.60 bits per heavy atom. The average molecular weight is 282 g/mol. The van der Waals surface area contributed by atoms with Gasteiger partial charge in [-0.25, -0.2) is 0 Å². The maximum Gasteiger partial charge on any atom is 0.0771 e. The fraction of sp³-hybridized carbons (Fsp3) is 1.00. The summed E-state index contributed by atoms with van der Waals surface area (Å²) in [6, 6.07) is 0.611. The molecule has 0 aromatic rings. The van der Waals surface area contributed by atoms with Gasteiger partial charge in [0.25, 0.3) is 0 Å². The maximum atomic E-state index is 10.7. The van der Waals surface area contributed by atoms with Crippen molar-refractivity contribution in [2.24, 2.45) is 5.92 Å². The van der Waals surface area contributed by atoms with Crippen molar-refractivity contribution in [3.63, 3.8) is 0 Å². The van der Waals surface area contributed by atoms with Gasteiger partial charge < -0.3 is 15.3 Å². The molecule has 1 aliphatic heterocycles. The monoisotopic (exact) mass is 282 g/mol. The first-order chi connectivity index (χ1) is 9.61. The van der Waals surface area contributed by atoms with Gasteiger partial charge in [-0.3, -0.25) is 0 Å². The van der Waals surface area contributed by atoms with Crippen LogP contribution in [0.2, 0.25) is 0 Å². The third-order valence-electron chi connectivity index (χ3n) is 5.29. The second-order valence-corrected chi connectivity index (χ2v) is 7.26. The number of aliphatic hydroxyl groups is 1. The van der Waals surface area contributed by atoms with Crippen LogP contribution in [-0.2, 0) is 0 Å². The fourth-order valence-electron chi connectivity index (χ4n) is 3.71. The average Bonchev–Trinajstić information content (AvgIpc) is 2.67. The molecule has 3 nitrogen and oxygen atoms in total. The largest absolute Gasteiger partial charge is 0.389 e. The van der Waals surface area contributed by atoms with Crippen molar-refractivity contribution in [1.29, 1.82) is 0 Å². The van der Waals surface area contributed by atoms with Crippen molar-refractivity contribution < 1.29 is 5.11 Å². The first kappa shape index (κ1) is 16.3. The number of likely N-dealkylation sites (tertiary alicyclic amines) is 1. The Morgan fingerprint density at radius 2 is 1.90 bits per heavy atom. The highest BCUT2D eigenvalue weighted by Gasteiger charge is 2.32. The van der Waals surface area contributed by atoms with Crippen LogP contribution < -0.4 is 5.32 Å². The highest BCUT2D eigenvalue weighted by molar-refractivity contribution is 4.88. The van der Waals surface area contributed by atoms with Crippen LogP contribution in [0.3, 0.4) is 0 Å². The molecule has 1 aliphatic carbocycles. The molecule has 2 rings (SSSR count). The van der Waals surface area contributed by atoms with Crippen molar-refractivity contribution >= 4 is 0 Å². The predicted octanol–water partition coefficient (Wildman–Crippen LogP) is 2.78. The first-order valence-electron chi connectivity index (χ1n) is 8.79. The van der Waals surface area contributed by atoms with Crippen molar-refractivity contribution in [3.05, 3.63) is 0 Å². The van der Waals surface area contributed by atoms with Crippen molar-refractivity contribution in [2.75, 3.05) is 26.2 Å². The van der Waals surface area contributed by atoms with Gasteiger partial charge in [0, 0.05) is 12.6 Å². The van der Waals surface area contributed by atoms with Gasteiger partial charge in [0.1, 0.15) is 0 Å². The quantitative estimate of drug-likeness (QED) is 0.814. The molecule has 0 spiro atoms. The summed E-state index contributed by atoms with van der Waals surface area (Å²) in [5.41, 5.74) is -0.429. The Kier molecular flexibility index (Phi) is 6.31. The van der Waals surface area contributed by atoms with Crippen LogP contribution in [-0.4, -0.2) is 47.8 Å². The van der Waals surface area contributed by atoms with Gasteiger partial charge in [-0.15, -0.1) is 0 Å². The van der Waals surface area contributed by atoms with E-state index in [1.54, 1.807) is 0 Å². The van der Waals surface area contributed by atoms with Gasteiger partial charge in [0.15, 0.2) is 0 Å². The van der Waals surface area contributed by atoms with Gasteiger partial charge in [-0.1, -0.05) is 13.8 Å². The Hall–Kier alpha value is -0.120. The normalized spacial score (nSPS) is 36.8. The lowest BCUT2D eigenvalue weighted by atomic mass is 9.79. The van der Waals surface area contributed by atoms with E-state index in [1.165, 1.54) is 58.2 Å². The molecule has 1 saturated heterocycles. The number of hydrogen-bond acceptors (Lipinski definition) is 3. The zero-order valence-corrected chi connectivity index (χ0v) is 13.5. The van der Waals surface area contributed by atoms with Crippen LogP contribution in [0.1, 0.15) is 65.2 Å². The molecule has 0 radical (unpaired) electrons. The molecule has 2 fully saturated rings. The van der Waals surface area contributed by atoms with Crippen molar-refractivity contribution in [2.45, 2.75) is 76.9 Å². The van der Waals surface area contributed by atoms with E-state index in [-0.39, 0.29) is 0 Å². The Balaban J connectivity index is 1.71. The van der Waals surface area contributed by atoms with Crippen LogP contribution in [0.15, 0.2) is 0 Å². The summed E-state index contributed by atoms with van der Waals surface area (Å²) in [7, 11) is 0. The molecule has 1 saturated carbocycles. The van der Waals surface area contributed by atoms with Gasteiger partial charge in [0.2, 0.25) is 0 Å².